The van der Waals surface area contributed by atoms with Gasteiger partial charge in [-0.25, -0.2) is 17.5 Å². The summed E-state index contributed by atoms with van der Waals surface area (Å²) in [6.07, 6.45) is 0. The molecule has 0 aliphatic heterocycles. The van der Waals surface area contributed by atoms with Gasteiger partial charge in [-0.05, 0) is 30.5 Å². The maximum absolute atomic E-state index is 12.9. The molecule has 0 aliphatic rings. The second-order valence-corrected chi connectivity index (χ2v) is 7.07. The summed E-state index contributed by atoms with van der Waals surface area (Å²) in [5.41, 5.74) is 5.22. The number of halogens is 1. The van der Waals surface area contributed by atoms with Crippen LogP contribution in [0.25, 0.3) is 0 Å². The van der Waals surface area contributed by atoms with Gasteiger partial charge in [0.15, 0.2) is 0 Å². The Morgan fingerprint density at radius 1 is 1.33 bits per heavy atom. The number of rotatable bonds is 3. The smallest absolute Gasteiger partial charge is 0.242 e. The van der Waals surface area contributed by atoms with Gasteiger partial charge in [-0.2, -0.15) is 0 Å². The minimum Gasteiger partial charge on any atom is -0.398 e. The van der Waals surface area contributed by atoms with Crippen molar-refractivity contribution in [2.24, 2.45) is 5.41 Å². The van der Waals surface area contributed by atoms with Crippen LogP contribution >= 0.6 is 0 Å². The summed E-state index contributed by atoms with van der Waals surface area (Å²) in [6, 6.07) is 2.97. The summed E-state index contributed by atoms with van der Waals surface area (Å²) in [5, 5.41) is 0. The predicted octanol–water partition coefficient (Wildman–Crippen LogP) is 2.12. The van der Waals surface area contributed by atoms with E-state index in [9.17, 15) is 12.8 Å². The summed E-state index contributed by atoms with van der Waals surface area (Å²) in [5.74, 6) is -0.560. The number of hydrogen-bond acceptors (Lipinski definition) is 3. The number of nitrogens with one attached hydrogen (secondary N) is 1. The van der Waals surface area contributed by atoms with E-state index in [-0.39, 0.29) is 22.0 Å². The summed E-state index contributed by atoms with van der Waals surface area (Å²) in [4.78, 5) is -0.0972. The van der Waals surface area contributed by atoms with E-state index in [2.05, 4.69) is 4.72 Å². The van der Waals surface area contributed by atoms with Crippen LogP contribution in [0.3, 0.4) is 0 Å². The lowest BCUT2D eigenvalue weighted by molar-refractivity contribution is 0.317. The molecule has 0 saturated carbocycles. The van der Waals surface area contributed by atoms with Crippen molar-refractivity contribution in [2.45, 2.75) is 38.6 Å². The van der Waals surface area contributed by atoms with E-state index in [1.54, 1.807) is 6.92 Å². The SMILES string of the molecule is CC(NS(=O)(=O)c1ccc(F)cc1N)C(C)(C)C. The van der Waals surface area contributed by atoms with E-state index in [1.165, 1.54) is 6.07 Å². The molecule has 0 aliphatic carbocycles. The maximum atomic E-state index is 12.9. The zero-order chi connectivity index (χ0) is 14.1. The minimum absolute atomic E-state index is 0.0939. The average molecular weight is 274 g/mol. The van der Waals surface area contributed by atoms with Crippen LogP contribution in [0.1, 0.15) is 27.7 Å². The Kier molecular flexibility index (Phi) is 4.02. The van der Waals surface area contributed by atoms with Gasteiger partial charge in [-0.3, -0.25) is 0 Å². The van der Waals surface area contributed by atoms with Crippen molar-refractivity contribution in [1.29, 1.82) is 0 Å². The van der Waals surface area contributed by atoms with Gasteiger partial charge in [0, 0.05) is 6.04 Å². The highest BCUT2D eigenvalue weighted by Crippen LogP contribution is 2.23. The van der Waals surface area contributed by atoms with Crippen LogP contribution in [0.2, 0.25) is 0 Å². The molecular weight excluding hydrogens is 255 g/mol. The molecule has 3 N–H and O–H groups in total. The number of sulfonamides is 1. The lowest BCUT2D eigenvalue weighted by Gasteiger charge is -2.28. The first-order valence-corrected chi connectivity index (χ1v) is 7.10. The molecule has 4 nitrogen and oxygen atoms in total. The highest BCUT2D eigenvalue weighted by molar-refractivity contribution is 7.89. The maximum Gasteiger partial charge on any atom is 0.242 e. The average Bonchev–Trinajstić information content (AvgIpc) is 2.14. The first kappa shape index (κ1) is 14.9. The van der Waals surface area contributed by atoms with Crippen LogP contribution in [0.5, 0.6) is 0 Å². The van der Waals surface area contributed by atoms with E-state index in [4.69, 9.17) is 5.73 Å². The van der Waals surface area contributed by atoms with Crippen molar-refractivity contribution in [1.82, 2.24) is 4.72 Å². The van der Waals surface area contributed by atoms with Gasteiger partial charge in [-0.1, -0.05) is 20.8 Å². The van der Waals surface area contributed by atoms with Crippen molar-refractivity contribution >= 4 is 15.7 Å². The highest BCUT2D eigenvalue weighted by atomic mass is 32.2. The zero-order valence-corrected chi connectivity index (χ0v) is 11.8. The Morgan fingerprint density at radius 2 is 1.89 bits per heavy atom. The quantitative estimate of drug-likeness (QED) is 0.829. The molecule has 0 spiro atoms. The molecule has 0 amide bonds. The van der Waals surface area contributed by atoms with Crippen LogP contribution in [0.4, 0.5) is 10.1 Å². The van der Waals surface area contributed by atoms with Crippen LogP contribution in [-0.4, -0.2) is 14.5 Å². The zero-order valence-electron chi connectivity index (χ0n) is 11.0. The van der Waals surface area contributed by atoms with Gasteiger partial charge >= 0.3 is 0 Å². The molecule has 1 rings (SSSR count). The molecule has 0 radical (unpaired) electrons. The van der Waals surface area contributed by atoms with Crippen molar-refractivity contribution in [3.05, 3.63) is 24.0 Å². The second-order valence-electron chi connectivity index (χ2n) is 5.39. The van der Waals surface area contributed by atoms with E-state index >= 15 is 0 Å². The topological polar surface area (TPSA) is 72.2 Å². The Hall–Kier alpha value is -1.14. The fourth-order valence-corrected chi connectivity index (χ4v) is 2.80. The fraction of sp³-hybridized carbons (Fsp3) is 0.500. The predicted molar refractivity (Wildman–Crippen MR) is 70.1 cm³/mol. The minimum atomic E-state index is -3.73. The molecule has 0 heterocycles. The summed E-state index contributed by atoms with van der Waals surface area (Å²) >= 11 is 0. The lowest BCUT2D eigenvalue weighted by atomic mass is 9.89. The largest absolute Gasteiger partial charge is 0.398 e. The molecule has 1 aromatic rings. The van der Waals surface area contributed by atoms with E-state index < -0.39 is 15.8 Å². The van der Waals surface area contributed by atoms with Crippen LogP contribution in [0, 0.1) is 11.2 Å². The normalized spacial score (nSPS) is 14.5. The van der Waals surface area contributed by atoms with Gasteiger partial charge in [-0.15, -0.1) is 0 Å². The van der Waals surface area contributed by atoms with Crippen LogP contribution in [-0.2, 0) is 10.0 Å². The fourth-order valence-electron chi connectivity index (χ4n) is 1.24. The van der Waals surface area contributed by atoms with Crippen LogP contribution in [0.15, 0.2) is 23.1 Å². The molecular formula is C12H19FN2O2S. The summed E-state index contributed by atoms with van der Waals surface area (Å²) in [7, 11) is -3.73. The molecule has 6 heteroatoms. The van der Waals surface area contributed by atoms with Crippen molar-refractivity contribution in [3.8, 4) is 0 Å². The molecule has 0 fully saturated rings. The standard InChI is InChI=1S/C12H19FN2O2S/c1-8(12(2,3)4)15-18(16,17)11-6-5-9(13)7-10(11)14/h5-8,15H,14H2,1-4H3. The van der Waals surface area contributed by atoms with Gasteiger partial charge < -0.3 is 5.73 Å². The Labute approximate surface area is 107 Å². The third kappa shape index (κ3) is 3.43. The van der Waals surface area contributed by atoms with Crippen molar-refractivity contribution < 1.29 is 12.8 Å². The van der Waals surface area contributed by atoms with E-state index in [0.29, 0.717) is 0 Å². The number of benzene rings is 1. The van der Waals surface area contributed by atoms with Crippen molar-refractivity contribution in [3.63, 3.8) is 0 Å². The van der Waals surface area contributed by atoms with E-state index in [0.717, 1.165) is 12.1 Å². The molecule has 1 unspecified atom stereocenters. The monoisotopic (exact) mass is 274 g/mol. The number of hydrogen-bond donors (Lipinski definition) is 2. The Bertz CT molecular complexity index is 535. The molecule has 0 saturated heterocycles. The Balaban J connectivity index is 3.08. The van der Waals surface area contributed by atoms with Gasteiger partial charge in [0.1, 0.15) is 10.7 Å². The molecule has 18 heavy (non-hydrogen) atoms. The molecule has 102 valence electrons. The molecule has 1 atom stereocenters. The van der Waals surface area contributed by atoms with Crippen molar-refractivity contribution in [2.75, 3.05) is 5.73 Å². The molecule has 0 bridgehead atoms. The van der Waals surface area contributed by atoms with Gasteiger partial charge in [0.2, 0.25) is 10.0 Å². The first-order valence-electron chi connectivity index (χ1n) is 5.61. The van der Waals surface area contributed by atoms with E-state index in [1.807, 2.05) is 20.8 Å². The van der Waals surface area contributed by atoms with Gasteiger partial charge in [0.25, 0.3) is 0 Å². The first-order chi connectivity index (χ1) is 8.04. The third-order valence-corrected chi connectivity index (χ3v) is 4.51. The van der Waals surface area contributed by atoms with Gasteiger partial charge in [0.05, 0.1) is 5.69 Å². The number of nitrogens with two attached hydrogens (primary N) is 1. The third-order valence-electron chi connectivity index (χ3n) is 2.89. The Morgan fingerprint density at radius 3 is 2.33 bits per heavy atom. The highest BCUT2D eigenvalue weighted by Gasteiger charge is 2.27. The molecule has 0 aromatic heterocycles. The lowest BCUT2D eigenvalue weighted by Crippen LogP contribution is -2.41. The second kappa shape index (κ2) is 4.85. The number of nitrogen functional groups attached to an aromatic ring is 1. The number of anilines is 1. The molecule has 1 aromatic carbocycles. The summed E-state index contributed by atoms with van der Waals surface area (Å²) < 4.78 is 39.7. The van der Waals surface area contributed by atoms with Crippen LogP contribution < -0.4 is 10.5 Å². The summed E-state index contributed by atoms with van der Waals surface area (Å²) in [6.45, 7) is 7.55.